The van der Waals surface area contributed by atoms with Crippen LogP contribution in [0.1, 0.15) is 55.0 Å². The van der Waals surface area contributed by atoms with E-state index in [0.29, 0.717) is 37.0 Å². The average molecular weight is 494 g/mol. The molecule has 3 aliphatic rings. The first-order valence-electron chi connectivity index (χ1n) is 13.2. The van der Waals surface area contributed by atoms with Crippen LogP contribution in [0.2, 0.25) is 0 Å². The summed E-state index contributed by atoms with van der Waals surface area (Å²) in [4.78, 5) is 26.7. The summed E-state index contributed by atoms with van der Waals surface area (Å²) in [6, 6.07) is 14.8. The van der Waals surface area contributed by atoms with Gasteiger partial charge in [0.15, 0.2) is 0 Å². The Hall–Kier alpha value is -3.76. The van der Waals surface area contributed by atoms with Gasteiger partial charge in [0.25, 0.3) is 0 Å². The molecule has 1 aromatic carbocycles. The standard InChI is InChI=1S/C30H31N5O2/c1-2-24-10-9-19-3-8-22(16-26(19)32-24)25-15-23(17-31)30(33-29(25)21-6-7-21)34-12-13-35(28(37)11-14-36)27(18-34)20-4-5-20/h2-3,8-10,15-16,20-21,27,36H,1,4-7,11-14,18H2/t27-/m0/s1. The maximum absolute atomic E-state index is 12.7. The monoisotopic (exact) mass is 493 g/mol. The molecule has 1 aliphatic heterocycles. The number of pyridine rings is 2. The minimum absolute atomic E-state index is 0.0195. The maximum Gasteiger partial charge on any atom is 0.225 e. The van der Waals surface area contributed by atoms with Crippen molar-refractivity contribution < 1.29 is 9.90 Å². The zero-order chi connectivity index (χ0) is 25.5. The van der Waals surface area contributed by atoms with Gasteiger partial charge in [-0.3, -0.25) is 4.79 Å². The molecular formula is C30H31N5O2. The van der Waals surface area contributed by atoms with Gasteiger partial charge in [0.2, 0.25) is 5.91 Å². The summed E-state index contributed by atoms with van der Waals surface area (Å²) in [5.74, 6) is 1.65. The average Bonchev–Trinajstić information content (AvgIpc) is 3.85. The van der Waals surface area contributed by atoms with Crippen LogP contribution in [-0.4, -0.2) is 58.2 Å². The van der Waals surface area contributed by atoms with Crippen molar-refractivity contribution >= 4 is 28.7 Å². The van der Waals surface area contributed by atoms with Gasteiger partial charge < -0.3 is 14.9 Å². The Morgan fingerprint density at radius 3 is 2.65 bits per heavy atom. The van der Waals surface area contributed by atoms with E-state index < -0.39 is 0 Å². The van der Waals surface area contributed by atoms with Crippen molar-refractivity contribution in [2.75, 3.05) is 31.1 Å². The molecule has 1 N–H and O–H groups in total. The SMILES string of the molecule is C=Cc1ccc2ccc(-c3cc(C#N)c(N4CCN(C(=O)CCO)[C@H](C5CC5)C4)nc3C3CC3)cc2n1. The van der Waals surface area contributed by atoms with Gasteiger partial charge in [-0.2, -0.15) is 5.26 Å². The zero-order valence-corrected chi connectivity index (χ0v) is 20.9. The highest BCUT2D eigenvalue weighted by Crippen LogP contribution is 2.45. The molecule has 1 saturated heterocycles. The number of piperazine rings is 1. The Morgan fingerprint density at radius 2 is 1.95 bits per heavy atom. The number of hydrogen-bond donors (Lipinski definition) is 1. The first-order chi connectivity index (χ1) is 18.1. The molecule has 6 rings (SSSR count). The van der Waals surface area contributed by atoms with E-state index in [-0.39, 0.29) is 25.0 Å². The Labute approximate surface area is 217 Å². The Bertz CT molecular complexity index is 1420. The van der Waals surface area contributed by atoms with E-state index in [1.165, 1.54) is 0 Å². The third kappa shape index (κ3) is 4.58. The third-order valence-electron chi connectivity index (χ3n) is 7.88. The number of anilines is 1. The van der Waals surface area contributed by atoms with Crippen molar-refractivity contribution in [3.63, 3.8) is 0 Å². The molecule has 1 amide bonds. The van der Waals surface area contributed by atoms with E-state index in [1.807, 2.05) is 23.1 Å². The topological polar surface area (TPSA) is 93.4 Å². The third-order valence-corrected chi connectivity index (χ3v) is 7.88. The van der Waals surface area contributed by atoms with Crippen LogP contribution in [0, 0.1) is 17.2 Å². The number of hydrogen-bond acceptors (Lipinski definition) is 6. The first kappa shape index (κ1) is 23.6. The van der Waals surface area contributed by atoms with Crippen molar-refractivity contribution in [1.82, 2.24) is 14.9 Å². The van der Waals surface area contributed by atoms with Crippen LogP contribution >= 0.6 is 0 Å². The molecule has 2 aliphatic carbocycles. The summed E-state index contributed by atoms with van der Waals surface area (Å²) in [5.41, 5.74) is 5.38. The molecule has 0 radical (unpaired) electrons. The number of benzene rings is 1. The van der Waals surface area contributed by atoms with Gasteiger partial charge in [-0.05, 0) is 61.4 Å². The molecule has 7 nitrogen and oxygen atoms in total. The number of fused-ring (bicyclic) bond motifs is 1. The molecule has 0 unspecified atom stereocenters. The van der Waals surface area contributed by atoms with Crippen molar-refractivity contribution in [1.29, 1.82) is 5.26 Å². The van der Waals surface area contributed by atoms with Crippen molar-refractivity contribution in [2.24, 2.45) is 5.92 Å². The smallest absolute Gasteiger partial charge is 0.225 e. The number of nitriles is 1. The Balaban J connectivity index is 1.37. The van der Waals surface area contributed by atoms with E-state index in [9.17, 15) is 15.2 Å². The molecule has 0 spiro atoms. The zero-order valence-electron chi connectivity index (χ0n) is 20.9. The fourth-order valence-electron chi connectivity index (χ4n) is 5.59. The largest absolute Gasteiger partial charge is 0.396 e. The highest BCUT2D eigenvalue weighted by atomic mass is 16.3. The number of aromatic nitrogens is 2. The minimum atomic E-state index is -0.123. The normalized spacial score (nSPS) is 19.6. The summed E-state index contributed by atoms with van der Waals surface area (Å²) in [6.07, 6.45) is 6.36. The van der Waals surface area contributed by atoms with Gasteiger partial charge >= 0.3 is 0 Å². The molecule has 3 aromatic rings. The Morgan fingerprint density at radius 1 is 1.14 bits per heavy atom. The van der Waals surface area contributed by atoms with E-state index in [4.69, 9.17) is 9.97 Å². The van der Waals surface area contributed by atoms with Crippen molar-refractivity contribution in [3.05, 3.63) is 59.9 Å². The summed E-state index contributed by atoms with van der Waals surface area (Å²) in [6.45, 7) is 5.62. The number of carbonyl (C=O) groups excluding carboxylic acids is 1. The maximum atomic E-state index is 12.7. The molecular weight excluding hydrogens is 462 g/mol. The van der Waals surface area contributed by atoms with E-state index >= 15 is 0 Å². The second-order valence-corrected chi connectivity index (χ2v) is 10.4. The highest BCUT2D eigenvalue weighted by Gasteiger charge is 2.41. The lowest BCUT2D eigenvalue weighted by Gasteiger charge is -2.42. The van der Waals surface area contributed by atoms with Crippen LogP contribution in [0.15, 0.2) is 43.0 Å². The van der Waals surface area contributed by atoms with Gasteiger partial charge in [0.1, 0.15) is 11.9 Å². The van der Waals surface area contributed by atoms with Crippen LogP contribution in [0.3, 0.4) is 0 Å². The van der Waals surface area contributed by atoms with E-state index in [2.05, 4.69) is 35.7 Å². The number of amides is 1. The van der Waals surface area contributed by atoms with Crippen molar-refractivity contribution in [3.8, 4) is 17.2 Å². The van der Waals surface area contributed by atoms with Gasteiger partial charge in [-0.15, -0.1) is 0 Å². The molecule has 7 heteroatoms. The van der Waals surface area contributed by atoms with Gasteiger partial charge in [-0.25, -0.2) is 9.97 Å². The van der Waals surface area contributed by atoms with E-state index in [0.717, 1.165) is 64.9 Å². The summed E-state index contributed by atoms with van der Waals surface area (Å²) >= 11 is 0. The molecule has 1 atom stereocenters. The lowest BCUT2D eigenvalue weighted by Crippen LogP contribution is -2.56. The fraction of sp³-hybridized carbons (Fsp3) is 0.400. The lowest BCUT2D eigenvalue weighted by molar-refractivity contribution is -0.135. The summed E-state index contributed by atoms with van der Waals surface area (Å²) in [7, 11) is 0. The number of nitrogens with zero attached hydrogens (tertiary/aromatic N) is 5. The van der Waals surface area contributed by atoms with Crippen LogP contribution < -0.4 is 4.90 Å². The number of aliphatic hydroxyl groups excluding tert-OH is 1. The molecule has 37 heavy (non-hydrogen) atoms. The predicted octanol–water partition coefficient (Wildman–Crippen LogP) is 4.50. The minimum Gasteiger partial charge on any atom is -0.396 e. The van der Waals surface area contributed by atoms with Gasteiger partial charge in [0, 0.05) is 42.9 Å². The first-order valence-corrected chi connectivity index (χ1v) is 13.2. The Kier molecular flexibility index (Phi) is 6.13. The second kappa shape index (κ2) is 9.60. The van der Waals surface area contributed by atoms with Crippen LogP contribution in [0.25, 0.3) is 28.1 Å². The number of aliphatic hydroxyl groups is 1. The van der Waals surface area contributed by atoms with E-state index in [1.54, 1.807) is 6.08 Å². The number of carbonyl (C=O) groups is 1. The molecule has 3 fully saturated rings. The lowest BCUT2D eigenvalue weighted by atomic mass is 9.97. The van der Waals surface area contributed by atoms with Gasteiger partial charge in [0.05, 0.1) is 35.1 Å². The van der Waals surface area contributed by atoms with Crippen LogP contribution in [-0.2, 0) is 4.79 Å². The molecule has 3 heterocycles. The van der Waals surface area contributed by atoms with Crippen molar-refractivity contribution in [2.45, 2.75) is 44.1 Å². The van der Waals surface area contributed by atoms with Crippen LogP contribution in [0.5, 0.6) is 0 Å². The molecule has 188 valence electrons. The highest BCUT2D eigenvalue weighted by molar-refractivity contribution is 5.86. The van der Waals surface area contributed by atoms with Gasteiger partial charge in [-0.1, -0.05) is 24.8 Å². The number of rotatable bonds is 7. The fourth-order valence-corrected chi connectivity index (χ4v) is 5.59. The predicted molar refractivity (Wildman–Crippen MR) is 144 cm³/mol. The second-order valence-electron chi connectivity index (χ2n) is 10.4. The molecule has 2 aromatic heterocycles. The molecule has 2 saturated carbocycles. The summed E-state index contributed by atoms with van der Waals surface area (Å²) < 4.78 is 0. The molecule has 0 bridgehead atoms. The quantitative estimate of drug-likeness (QED) is 0.521. The van der Waals surface area contributed by atoms with Crippen LogP contribution in [0.4, 0.5) is 5.82 Å². The summed E-state index contributed by atoms with van der Waals surface area (Å²) in [5, 5.41) is 20.5.